The summed E-state index contributed by atoms with van der Waals surface area (Å²) in [6.07, 6.45) is 0.635. The van der Waals surface area contributed by atoms with Gasteiger partial charge in [0.2, 0.25) is 0 Å². The van der Waals surface area contributed by atoms with E-state index in [4.69, 9.17) is 0 Å². The third-order valence-electron chi connectivity index (χ3n) is 1.70. The second kappa shape index (κ2) is 4.19. The zero-order valence-corrected chi connectivity index (χ0v) is 10.3. The van der Waals surface area contributed by atoms with E-state index in [1.54, 1.807) is 0 Å². The number of rotatable bonds is 1. The molecule has 2 heterocycles. The molecular weight excluding hydrogens is 261 g/mol. The third-order valence-corrected chi connectivity index (χ3v) is 1.70. The molecule has 0 saturated heterocycles. The van der Waals surface area contributed by atoms with Gasteiger partial charge in [0.1, 0.15) is 0 Å². The first-order valence-corrected chi connectivity index (χ1v) is 3.86. The van der Waals surface area contributed by atoms with Crippen molar-refractivity contribution >= 4 is 11.2 Å². The Morgan fingerprint density at radius 3 is 2.71 bits per heavy atom. The van der Waals surface area contributed by atoms with E-state index >= 15 is 0 Å². The zero-order valence-electron chi connectivity index (χ0n) is 7.50. The minimum absolute atomic E-state index is 0. The van der Waals surface area contributed by atoms with E-state index in [2.05, 4.69) is 19.9 Å². The maximum Gasteiger partial charge on any atom is 0.270 e. The standard InChI is InChI=1S/C7H8N4O2.Y/c1-2-3-8-4-5(9-3)10-7(13)11-6(4)12;/h2H2,1H3,(H3,8,9,10,11,12,13);/p-1. The number of nitrogens with one attached hydrogen (secondary N) is 2. The molecule has 0 atom stereocenters. The fraction of sp³-hybridized carbons (Fsp3) is 0.286. The van der Waals surface area contributed by atoms with Gasteiger partial charge >= 0.3 is 0 Å². The van der Waals surface area contributed by atoms with Gasteiger partial charge in [0.25, 0.3) is 11.2 Å². The molecule has 0 aliphatic heterocycles. The van der Waals surface area contributed by atoms with Crippen molar-refractivity contribution in [2.45, 2.75) is 13.3 Å². The van der Waals surface area contributed by atoms with Gasteiger partial charge < -0.3 is 15.0 Å². The predicted octanol–water partition coefficient (Wildman–Crippen LogP) is -0.871. The number of hydrogen-bond donors (Lipinski definition) is 2. The van der Waals surface area contributed by atoms with Gasteiger partial charge in [0, 0.05) is 38.4 Å². The average molecular weight is 268 g/mol. The van der Waals surface area contributed by atoms with Gasteiger partial charge in [-0.05, 0) is 12.2 Å². The molecule has 14 heavy (non-hydrogen) atoms. The number of H-pyrrole nitrogens is 2. The molecule has 7 heteroatoms. The van der Waals surface area contributed by atoms with Crippen LogP contribution in [0.5, 0.6) is 0 Å². The molecular formula is C7H7N4O2Y-. The number of fused-ring (bicyclic) bond motifs is 1. The van der Waals surface area contributed by atoms with Crippen molar-refractivity contribution < 1.29 is 32.7 Å². The van der Waals surface area contributed by atoms with Crippen LogP contribution in [0.25, 0.3) is 11.2 Å². The first kappa shape index (κ1) is 11.3. The summed E-state index contributed by atoms with van der Waals surface area (Å²) in [4.78, 5) is 34.4. The van der Waals surface area contributed by atoms with Gasteiger partial charge in [-0.2, -0.15) is 0 Å². The van der Waals surface area contributed by atoms with Crippen LogP contribution >= 0.6 is 0 Å². The summed E-state index contributed by atoms with van der Waals surface area (Å²) in [5.41, 5.74) is -0.604. The number of imidazole rings is 1. The largest absolute Gasteiger partial charge is 0.366 e. The molecule has 2 rings (SSSR count). The second-order valence-electron chi connectivity index (χ2n) is 2.60. The van der Waals surface area contributed by atoms with Crippen LogP contribution < -0.4 is 16.2 Å². The molecule has 0 spiro atoms. The SMILES string of the molecule is CCc1nc2c(=O)[nH]c(=O)[nH]c2[n-]1.[Y]. The topological polar surface area (TPSA) is 92.7 Å². The van der Waals surface area contributed by atoms with Crippen LogP contribution in [0.1, 0.15) is 12.7 Å². The van der Waals surface area contributed by atoms with E-state index in [1.165, 1.54) is 0 Å². The van der Waals surface area contributed by atoms with Crippen LogP contribution in [0.2, 0.25) is 0 Å². The summed E-state index contributed by atoms with van der Waals surface area (Å²) in [7, 11) is 0. The van der Waals surface area contributed by atoms with Gasteiger partial charge in [0.05, 0.1) is 5.52 Å². The number of hydrogen-bond acceptors (Lipinski definition) is 3. The van der Waals surface area contributed by atoms with Gasteiger partial charge in [0.15, 0.2) is 0 Å². The van der Waals surface area contributed by atoms with Crippen LogP contribution in [0.3, 0.4) is 0 Å². The molecule has 2 aromatic rings. The second-order valence-corrected chi connectivity index (χ2v) is 2.60. The summed E-state index contributed by atoms with van der Waals surface area (Å²) < 4.78 is 0. The summed E-state index contributed by atoms with van der Waals surface area (Å²) in [5.74, 6) is 0.558. The summed E-state index contributed by atoms with van der Waals surface area (Å²) in [6.45, 7) is 1.88. The molecule has 0 bridgehead atoms. The molecule has 0 fully saturated rings. The predicted molar refractivity (Wildman–Crippen MR) is 45.7 cm³/mol. The maximum atomic E-state index is 11.2. The fourth-order valence-electron chi connectivity index (χ4n) is 1.09. The smallest absolute Gasteiger partial charge is 0.270 e. The zero-order chi connectivity index (χ0) is 9.42. The molecule has 71 valence electrons. The van der Waals surface area contributed by atoms with Crippen molar-refractivity contribution in [3.63, 3.8) is 0 Å². The van der Waals surface area contributed by atoms with E-state index < -0.39 is 11.2 Å². The number of aryl methyl sites for hydroxylation is 1. The first-order chi connectivity index (χ1) is 6.20. The quantitative estimate of drug-likeness (QED) is 0.703. The van der Waals surface area contributed by atoms with E-state index in [-0.39, 0.29) is 43.9 Å². The Bertz CT molecular complexity index is 553. The Morgan fingerprint density at radius 1 is 1.36 bits per heavy atom. The van der Waals surface area contributed by atoms with Crippen LogP contribution in [-0.2, 0) is 39.1 Å². The van der Waals surface area contributed by atoms with Crippen molar-refractivity contribution in [1.82, 2.24) is 19.9 Å². The van der Waals surface area contributed by atoms with Crippen molar-refractivity contribution in [1.29, 1.82) is 0 Å². The Morgan fingerprint density at radius 2 is 2.07 bits per heavy atom. The average Bonchev–Trinajstić information content (AvgIpc) is 2.47. The van der Waals surface area contributed by atoms with Crippen molar-refractivity contribution in [3.05, 3.63) is 26.7 Å². The van der Waals surface area contributed by atoms with Crippen molar-refractivity contribution in [2.24, 2.45) is 0 Å². The fourth-order valence-corrected chi connectivity index (χ4v) is 1.09. The van der Waals surface area contributed by atoms with E-state index in [9.17, 15) is 9.59 Å². The molecule has 0 aliphatic carbocycles. The van der Waals surface area contributed by atoms with Crippen molar-refractivity contribution in [3.8, 4) is 0 Å². The minimum Gasteiger partial charge on any atom is -0.366 e. The number of aromatic nitrogens is 4. The molecule has 1 radical (unpaired) electrons. The molecule has 2 aromatic heterocycles. The Labute approximate surface area is 103 Å². The first-order valence-electron chi connectivity index (χ1n) is 3.86. The summed E-state index contributed by atoms with van der Waals surface area (Å²) in [6, 6.07) is 0. The van der Waals surface area contributed by atoms with Crippen LogP contribution in [0, 0.1) is 0 Å². The van der Waals surface area contributed by atoms with Crippen LogP contribution in [-0.4, -0.2) is 15.0 Å². The van der Waals surface area contributed by atoms with Gasteiger partial charge in [-0.15, -0.1) is 0 Å². The molecule has 0 aliphatic rings. The third kappa shape index (κ3) is 1.86. The Balaban J connectivity index is 0.000000980. The maximum absolute atomic E-state index is 11.2. The van der Waals surface area contributed by atoms with E-state index in [0.29, 0.717) is 12.2 Å². The molecule has 0 unspecified atom stereocenters. The molecule has 2 N–H and O–H groups in total. The van der Waals surface area contributed by atoms with Gasteiger partial charge in [-0.1, -0.05) is 6.92 Å². The summed E-state index contributed by atoms with van der Waals surface area (Å²) in [5, 5.41) is 0. The van der Waals surface area contributed by atoms with Crippen LogP contribution in [0.15, 0.2) is 9.59 Å². The molecule has 6 nitrogen and oxygen atoms in total. The Hall–Kier alpha value is -0.746. The summed E-state index contributed by atoms with van der Waals surface area (Å²) >= 11 is 0. The Kier molecular flexibility index (Phi) is 3.39. The molecule has 0 amide bonds. The van der Waals surface area contributed by atoms with E-state index in [0.717, 1.165) is 0 Å². The normalized spacial score (nSPS) is 10.1. The minimum atomic E-state index is -0.556. The van der Waals surface area contributed by atoms with Gasteiger partial charge in [-0.25, -0.2) is 0 Å². The molecule has 0 saturated carbocycles. The van der Waals surface area contributed by atoms with Crippen LogP contribution in [0.4, 0.5) is 0 Å². The molecule has 0 aromatic carbocycles. The van der Waals surface area contributed by atoms with Gasteiger partial charge in [-0.3, -0.25) is 14.6 Å². The number of aromatic amines is 2. The van der Waals surface area contributed by atoms with E-state index in [1.807, 2.05) is 6.92 Å². The number of nitrogens with zero attached hydrogens (tertiary/aromatic N) is 2. The van der Waals surface area contributed by atoms with Crippen molar-refractivity contribution in [2.75, 3.05) is 0 Å². The monoisotopic (exact) mass is 268 g/mol.